The molecule has 0 radical (unpaired) electrons. The Morgan fingerprint density at radius 2 is 2.15 bits per heavy atom. The summed E-state index contributed by atoms with van der Waals surface area (Å²) in [6.45, 7) is 4.53. The van der Waals surface area contributed by atoms with E-state index in [2.05, 4.69) is 17.1 Å². The number of nitrogens with zero attached hydrogens (tertiary/aromatic N) is 1. The minimum atomic E-state index is -0.0247. The molecule has 0 heterocycles. The number of hydrogen-bond acceptors (Lipinski definition) is 2. The van der Waals surface area contributed by atoms with Gasteiger partial charge in [0, 0.05) is 11.6 Å². The number of nitrogens with one attached hydrogen (secondary N) is 1. The number of benzene rings is 1. The molecule has 0 atom stereocenters. The van der Waals surface area contributed by atoms with Crippen LogP contribution < -0.4 is 5.32 Å². The van der Waals surface area contributed by atoms with E-state index in [9.17, 15) is 4.79 Å². The fourth-order valence-electron chi connectivity index (χ4n) is 2.20. The monoisotopic (exact) mass is 314 g/mol. The van der Waals surface area contributed by atoms with Crippen molar-refractivity contribution in [3.8, 4) is 0 Å². The molecule has 5 heteroatoms. The molecule has 0 bridgehead atoms. The van der Waals surface area contributed by atoms with Gasteiger partial charge in [0.25, 0.3) is 0 Å². The molecule has 1 aliphatic rings. The topological polar surface area (TPSA) is 32.3 Å². The second-order valence-electron chi connectivity index (χ2n) is 5.35. The number of carbonyl (C=O) groups is 1. The van der Waals surface area contributed by atoms with Crippen molar-refractivity contribution in [1.29, 1.82) is 0 Å². The highest BCUT2D eigenvalue weighted by molar-refractivity contribution is 6.36. The van der Waals surface area contributed by atoms with E-state index in [1.54, 1.807) is 18.2 Å². The Labute approximate surface area is 130 Å². The van der Waals surface area contributed by atoms with Gasteiger partial charge in [-0.3, -0.25) is 9.69 Å². The Morgan fingerprint density at radius 1 is 1.40 bits per heavy atom. The smallest absolute Gasteiger partial charge is 0.238 e. The van der Waals surface area contributed by atoms with Gasteiger partial charge in [-0.05, 0) is 49.9 Å². The van der Waals surface area contributed by atoms with Crippen molar-refractivity contribution in [3.63, 3.8) is 0 Å². The molecule has 1 fully saturated rings. The van der Waals surface area contributed by atoms with Gasteiger partial charge in [0.2, 0.25) is 5.91 Å². The highest BCUT2D eigenvalue weighted by Gasteiger charge is 2.24. The van der Waals surface area contributed by atoms with Crippen LogP contribution in [0.1, 0.15) is 26.2 Å². The number of carbonyl (C=O) groups excluding carboxylic acids is 1. The van der Waals surface area contributed by atoms with E-state index >= 15 is 0 Å². The summed E-state index contributed by atoms with van der Waals surface area (Å²) in [5.74, 6) is 0.761. The van der Waals surface area contributed by atoms with E-state index in [1.165, 1.54) is 12.8 Å². The van der Waals surface area contributed by atoms with Crippen molar-refractivity contribution in [2.24, 2.45) is 5.92 Å². The van der Waals surface area contributed by atoms with Crippen LogP contribution >= 0.6 is 23.2 Å². The van der Waals surface area contributed by atoms with Gasteiger partial charge in [0.05, 0.1) is 17.3 Å². The first-order valence-corrected chi connectivity index (χ1v) is 7.81. The summed E-state index contributed by atoms with van der Waals surface area (Å²) in [5, 5.41) is 3.88. The lowest BCUT2D eigenvalue weighted by Gasteiger charge is -2.21. The van der Waals surface area contributed by atoms with Crippen molar-refractivity contribution in [2.75, 3.05) is 25.0 Å². The lowest BCUT2D eigenvalue weighted by Crippen LogP contribution is -2.35. The molecule has 2 rings (SSSR count). The maximum atomic E-state index is 12.1. The third-order valence-corrected chi connectivity index (χ3v) is 3.87. The van der Waals surface area contributed by atoms with Crippen LogP contribution in [0.25, 0.3) is 0 Å². The summed E-state index contributed by atoms with van der Waals surface area (Å²) in [6, 6.07) is 5.08. The van der Waals surface area contributed by atoms with Crippen LogP contribution in [0.3, 0.4) is 0 Å². The molecule has 1 amide bonds. The fraction of sp³-hybridized carbons (Fsp3) is 0.533. The van der Waals surface area contributed by atoms with E-state index in [0.717, 1.165) is 25.4 Å². The molecule has 0 spiro atoms. The Hall–Kier alpha value is -0.770. The zero-order chi connectivity index (χ0) is 14.5. The molecule has 1 aliphatic carbocycles. The number of anilines is 1. The first-order valence-electron chi connectivity index (χ1n) is 7.05. The number of halogens is 2. The van der Waals surface area contributed by atoms with Crippen molar-refractivity contribution in [3.05, 3.63) is 28.2 Å². The van der Waals surface area contributed by atoms with Gasteiger partial charge in [0.15, 0.2) is 0 Å². The first kappa shape index (κ1) is 15.6. The largest absolute Gasteiger partial charge is 0.324 e. The van der Waals surface area contributed by atoms with Crippen molar-refractivity contribution in [1.82, 2.24) is 4.90 Å². The van der Waals surface area contributed by atoms with Crippen LogP contribution in [0, 0.1) is 5.92 Å². The SMILES string of the molecule is CCCN(CC(=O)Nc1ccc(Cl)cc1Cl)CC1CC1. The molecule has 1 aromatic rings. The summed E-state index contributed by atoms with van der Waals surface area (Å²) in [5.41, 5.74) is 0.615. The molecule has 0 saturated heterocycles. The highest BCUT2D eigenvalue weighted by atomic mass is 35.5. The van der Waals surface area contributed by atoms with Crippen LogP contribution in [-0.2, 0) is 4.79 Å². The zero-order valence-corrected chi connectivity index (χ0v) is 13.2. The summed E-state index contributed by atoms with van der Waals surface area (Å²) in [4.78, 5) is 14.3. The van der Waals surface area contributed by atoms with Gasteiger partial charge in [-0.15, -0.1) is 0 Å². The van der Waals surface area contributed by atoms with E-state index in [1.807, 2.05) is 0 Å². The fourth-order valence-corrected chi connectivity index (χ4v) is 2.66. The molecule has 1 saturated carbocycles. The molecule has 1 aromatic carbocycles. The Bertz CT molecular complexity index is 475. The Kier molecular flexibility index (Phi) is 5.70. The first-order chi connectivity index (χ1) is 9.58. The number of hydrogen-bond donors (Lipinski definition) is 1. The normalized spacial score (nSPS) is 14.6. The molecule has 0 aromatic heterocycles. The van der Waals surface area contributed by atoms with Gasteiger partial charge in [0.1, 0.15) is 0 Å². The Balaban J connectivity index is 1.89. The number of amides is 1. The zero-order valence-electron chi connectivity index (χ0n) is 11.7. The second-order valence-corrected chi connectivity index (χ2v) is 6.19. The summed E-state index contributed by atoms with van der Waals surface area (Å²) in [7, 11) is 0. The minimum Gasteiger partial charge on any atom is -0.324 e. The molecule has 1 N–H and O–H groups in total. The number of rotatable bonds is 7. The highest BCUT2D eigenvalue weighted by Crippen LogP contribution is 2.30. The van der Waals surface area contributed by atoms with Gasteiger partial charge in [-0.25, -0.2) is 0 Å². The maximum Gasteiger partial charge on any atom is 0.238 e. The van der Waals surface area contributed by atoms with Gasteiger partial charge in [-0.2, -0.15) is 0 Å². The van der Waals surface area contributed by atoms with Crippen LogP contribution in [-0.4, -0.2) is 30.4 Å². The molecule has 110 valence electrons. The van der Waals surface area contributed by atoms with Crippen LogP contribution in [0.15, 0.2) is 18.2 Å². The summed E-state index contributed by atoms with van der Waals surface area (Å²) >= 11 is 11.9. The standard InChI is InChI=1S/C15H20Cl2N2O/c1-2-7-19(9-11-3-4-11)10-15(20)18-14-6-5-12(16)8-13(14)17/h5-6,8,11H,2-4,7,9-10H2,1H3,(H,18,20). The molecular weight excluding hydrogens is 295 g/mol. The average Bonchev–Trinajstić information content (AvgIpc) is 3.17. The lowest BCUT2D eigenvalue weighted by molar-refractivity contribution is -0.117. The predicted octanol–water partition coefficient (Wildman–Crippen LogP) is 4.05. The quantitative estimate of drug-likeness (QED) is 0.823. The van der Waals surface area contributed by atoms with Gasteiger partial charge >= 0.3 is 0 Å². The summed E-state index contributed by atoms with van der Waals surface area (Å²) in [6.07, 6.45) is 3.65. The Morgan fingerprint density at radius 3 is 2.75 bits per heavy atom. The van der Waals surface area contributed by atoms with Gasteiger partial charge < -0.3 is 5.32 Å². The summed E-state index contributed by atoms with van der Waals surface area (Å²) < 4.78 is 0. The molecule has 0 aliphatic heterocycles. The maximum absolute atomic E-state index is 12.1. The average molecular weight is 315 g/mol. The molecule has 0 unspecified atom stereocenters. The van der Waals surface area contributed by atoms with Crippen LogP contribution in [0.4, 0.5) is 5.69 Å². The van der Waals surface area contributed by atoms with Crippen molar-refractivity contribution in [2.45, 2.75) is 26.2 Å². The van der Waals surface area contributed by atoms with E-state index < -0.39 is 0 Å². The van der Waals surface area contributed by atoms with Crippen LogP contribution in [0.2, 0.25) is 10.0 Å². The second kappa shape index (κ2) is 7.30. The predicted molar refractivity (Wildman–Crippen MR) is 84.5 cm³/mol. The third kappa shape index (κ3) is 4.97. The van der Waals surface area contributed by atoms with Gasteiger partial charge in [-0.1, -0.05) is 30.1 Å². The van der Waals surface area contributed by atoms with Crippen LogP contribution in [0.5, 0.6) is 0 Å². The minimum absolute atomic E-state index is 0.0247. The van der Waals surface area contributed by atoms with Crippen molar-refractivity contribution < 1.29 is 4.79 Å². The van der Waals surface area contributed by atoms with E-state index in [0.29, 0.717) is 22.3 Å². The molecule has 3 nitrogen and oxygen atoms in total. The van der Waals surface area contributed by atoms with Crippen molar-refractivity contribution >= 4 is 34.8 Å². The van der Waals surface area contributed by atoms with E-state index in [-0.39, 0.29) is 5.91 Å². The molecular formula is C15H20Cl2N2O. The third-order valence-electron chi connectivity index (χ3n) is 3.33. The lowest BCUT2D eigenvalue weighted by atomic mass is 10.3. The molecule has 20 heavy (non-hydrogen) atoms. The van der Waals surface area contributed by atoms with E-state index in [4.69, 9.17) is 23.2 Å².